The Morgan fingerprint density at radius 1 is 1.50 bits per heavy atom. The van der Waals surface area contributed by atoms with Crippen LogP contribution >= 0.6 is 0 Å². The maximum atomic E-state index is 5.04. The van der Waals surface area contributed by atoms with Gasteiger partial charge in [-0.2, -0.15) is 0 Å². The van der Waals surface area contributed by atoms with E-state index in [1.807, 2.05) is 18.4 Å². The van der Waals surface area contributed by atoms with Crippen LogP contribution in [0.5, 0.6) is 0 Å². The quantitative estimate of drug-likeness (QED) is 0.611. The molecule has 10 heavy (non-hydrogen) atoms. The number of allylic oxidation sites excluding steroid dienone is 2. The number of ether oxygens (including phenoxy) is 2. The first-order valence-corrected chi connectivity index (χ1v) is 3.08. The lowest BCUT2D eigenvalue weighted by Crippen LogP contribution is -2.30. The molecule has 0 saturated heterocycles. The molecule has 1 rings (SSSR count). The highest BCUT2D eigenvalue weighted by Gasteiger charge is 2.12. The molecule has 0 amide bonds. The lowest BCUT2D eigenvalue weighted by molar-refractivity contribution is 0.0632. The Labute approximate surface area is 60.3 Å². The molecule has 0 aromatic heterocycles. The Hall–Kier alpha value is -0.960. The summed E-state index contributed by atoms with van der Waals surface area (Å²) in [4.78, 5) is 0. The van der Waals surface area contributed by atoms with Gasteiger partial charge in [0.25, 0.3) is 0 Å². The Balaban J connectivity index is 2.61. The highest BCUT2D eigenvalue weighted by atomic mass is 16.5. The van der Waals surface area contributed by atoms with E-state index in [-0.39, 0.29) is 6.23 Å². The highest BCUT2D eigenvalue weighted by Crippen LogP contribution is 2.07. The van der Waals surface area contributed by atoms with Crippen molar-refractivity contribution in [1.82, 2.24) is 5.32 Å². The van der Waals surface area contributed by atoms with E-state index < -0.39 is 0 Å². The minimum absolute atomic E-state index is 0.130. The maximum Gasteiger partial charge on any atom is 0.185 e. The molecule has 1 atom stereocenters. The van der Waals surface area contributed by atoms with Crippen molar-refractivity contribution in [2.75, 3.05) is 14.2 Å². The topological polar surface area (TPSA) is 30.5 Å². The van der Waals surface area contributed by atoms with Crippen molar-refractivity contribution in [2.45, 2.75) is 6.23 Å². The fraction of sp³-hybridized carbons (Fsp3) is 0.429. The molecule has 3 nitrogen and oxygen atoms in total. The molecule has 0 bridgehead atoms. The van der Waals surface area contributed by atoms with Gasteiger partial charge >= 0.3 is 0 Å². The smallest absolute Gasteiger partial charge is 0.185 e. The molecule has 0 spiro atoms. The van der Waals surface area contributed by atoms with Gasteiger partial charge in [-0.3, -0.25) is 0 Å². The first-order chi connectivity index (χ1) is 4.88. The molecule has 0 aromatic carbocycles. The minimum atomic E-state index is -0.130. The molecular weight excluding hydrogens is 130 g/mol. The van der Waals surface area contributed by atoms with E-state index in [1.54, 1.807) is 14.2 Å². The van der Waals surface area contributed by atoms with E-state index in [0.717, 1.165) is 5.76 Å². The van der Waals surface area contributed by atoms with E-state index in [4.69, 9.17) is 9.47 Å². The molecule has 0 saturated carbocycles. The van der Waals surface area contributed by atoms with Gasteiger partial charge < -0.3 is 14.8 Å². The van der Waals surface area contributed by atoms with E-state index in [0.29, 0.717) is 0 Å². The standard InChI is InChI=1S/C7H11NO2/c1-9-6-4-3-5-8-7(6)10-2/h3-5,7-8H,1-2H3. The predicted molar refractivity (Wildman–Crippen MR) is 38.2 cm³/mol. The van der Waals surface area contributed by atoms with Crippen LogP contribution < -0.4 is 5.32 Å². The molecule has 1 aliphatic heterocycles. The zero-order chi connectivity index (χ0) is 7.40. The third-order valence-electron chi connectivity index (χ3n) is 1.33. The van der Waals surface area contributed by atoms with Gasteiger partial charge in [0.2, 0.25) is 0 Å². The largest absolute Gasteiger partial charge is 0.496 e. The molecule has 1 aliphatic rings. The van der Waals surface area contributed by atoms with Crippen LogP contribution in [0.3, 0.4) is 0 Å². The maximum absolute atomic E-state index is 5.04. The summed E-state index contributed by atoms with van der Waals surface area (Å²) in [6.07, 6.45) is 5.42. The summed E-state index contributed by atoms with van der Waals surface area (Å²) in [6.45, 7) is 0. The van der Waals surface area contributed by atoms with Crippen molar-refractivity contribution in [3.8, 4) is 0 Å². The lowest BCUT2D eigenvalue weighted by atomic mass is 10.3. The third-order valence-corrected chi connectivity index (χ3v) is 1.33. The summed E-state index contributed by atoms with van der Waals surface area (Å²) in [7, 11) is 3.25. The lowest BCUT2D eigenvalue weighted by Gasteiger charge is -2.19. The fourth-order valence-electron chi connectivity index (χ4n) is 0.815. The van der Waals surface area contributed by atoms with Gasteiger partial charge in [-0.1, -0.05) is 0 Å². The molecule has 56 valence electrons. The van der Waals surface area contributed by atoms with Crippen LogP contribution in [-0.4, -0.2) is 20.4 Å². The number of dihydropyridines is 1. The summed E-state index contributed by atoms with van der Waals surface area (Å²) in [5.74, 6) is 0.796. The zero-order valence-electron chi connectivity index (χ0n) is 6.13. The van der Waals surface area contributed by atoms with E-state index in [1.165, 1.54) is 0 Å². The summed E-state index contributed by atoms with van der Waals surface area (Å²) in [6, 6.07) is 0. The van der Waals surface area contributed by atoms with Gasteiger partial charge in [-0.25, -0.2) is 0 Å². The predicted octanol–water partition coefficient (Wildman–Crippen LogP) is 0.606. The van der Waals surface area contributed by atoms with Crippen LogP contribution in [0.15, 0.2) is 24.1 Å². The minimum Gasteiger partial charge on any atom is -0.496 e. The Kier molecular flexibility index (Phi) is 2.34. The van der Waals surface area contributed by atoms with Crippen molar-refractivity contribution >= 4 is 0 Å². The highest BCUT2D eigenvalue weighted by molar-refractivity contribution is 5.15. The molecular formula is C7H11NO2. The normalized spacial score (nSPS) is 23.4. The Bertz CT molecular complexity index is 163. The van der Waals surface area contributed by atoms with Crippen LogP contribution in [0.25, 0.3) is 0 Å². The summed E-state index contributed by atoms with van der Waals surface area (Å²) < 4.78 is 10.1. The van der Waals surface area contributed by atoms with Gasteiger partial charge in [0.1, 0.15) is 5.76 Å². The SMILES string of the molecule is COC1=CC=CNC1OC. The molecule has 1 heterocycles. The molecule has 0 aliphatic carbocycles. The number of rotatable bonds is 2. The third kappa shape index (κ3) is 1.30. The molecule has 3 heteroatoms. The number of hydrogen-bond acceptors (Lipinski definition) is 3. The van der Waals surface area contributed by atoms with Crippen molar-refractivity contribution < 1.29 is 9.47 Å². The van der Waals surface area contributed by atoms with Crippen molar-refractivity contribution in [3.05, 3.63) is 24.1 Å². The molecule has 0 radical (unpaired) electrons. The van der Waals surface area contributed by atoms with Gasteiger partial charge in [0.05, 0.1) is 7.11 Å². The molecule has 0 fully saturated rings. The zero-order valence-corrected chi connectivity index (χ0v) is 6.13. The van der Waals surface area contributed by atoms with E-state index >= 15 is 0 Å². The van der Waals surface area contributed by atoms with Gasteiger partial charge in [-0.05, 0) is 18.4 Å². The monoisotopic (exact) mass is 141 g/mol. The molecule has 1 unspecified atom stereocenters. The van der Waals surface area contributed by atoms with Crippen LogP contribution in [-0.2, 0) is 9.47 Å². The average Bonchev–Trinajstić information content (AvgIpc) is 2.04. The number of nitrogens with one attached hydrogen (secondary N) is 1. The van der Waals surface area contributed by atoms with Gasteiger partial charge in [-0.15, -0.1) is 0 Å². The average molecular weight is 141 g/mol. The second-order valence-corrected chi connectivity index (χ2v) is 1.91. The van der Waals surface area contributed by atoms with Crippen LogP contribution in [0.4, 0.5) is 0 Å². The van der Waals surface area contributed by atoms with Crippen molar-refractivity contribution in [3.63, 3.8) is 0 Å². The second-order valence-electron chi connectivity index (χ2n) is 1.91. The molecule has 0 aromatic rings. The van der Waals surface area contributed by atoms with Crippen molar-refractivity contribution in [2.24, 2.45) is 0 Å². The van der Waals surface area contributed by atoms with Crippen LogP contribution in [0.2, 0.25) is 0 Å². The first kappa shape index (κ1) is 7.15. The number of hydrogen-bond donors (Lipinski definition) is 1. The second kappa shape index (κ2) is 3.27. The summed E-state index contributed by atoms with van der Waals surface area (Å²) >= 11 is 0. The molecule has 1 N–H and O–H groups in total. The Morgan fingerprint density at radius 2 is 2.30 bits per heavy atom. The fourth-order valence-corrected chi connectivity index (χ4v) is 0.815. The van der Waals surface area contributed by atoms with Gasteiger partial charge in [0, 0.05) is 7.11 Å². The van der Waals surface area contributed by atoms with E-state index in [2.05, 4.69) is 5.32 Å². The van der Waals surface area contributed by atoms with E-state index in [9.17, 15) is 0 Å². The van der Waals surface area contributed by atoms with Crippen LogP contribution in [0.1, 0.15) is 0 Å². The summed E-state index contributed by atoms with van der Waals surface area (Å²) in [5.41, 5.74) is 0. The Morgan fingerprint density at radius 3 is 2.80 bits per heavy atom. The van der Waals surface area contributed by atoms with Gasteiger partial charge in [0.15, 0.2) is 6.23 Å². The van der Waals surface area contributed by atoms with Crippen molar-refractivity contribution in [1.29, 1.82) is 0 Å². The number of methoxy groups -OCH3 is 2. The first-order valence-electron chi connectivity index (χ1n) is 3.08. The summed E-state index contributed by atoms with van der Waals surface area (Å²) in [5, 5.41) is 2.97. The van der Waals surface area contributed by atoms with Crippen LogP contribution in [0, 0.1) is 0 Å².